The lowest BCUT2D eigenvalue weighted by atomic mass is 9.65. The lowest BCUT2D eigenvalue weighted by Gasteiger charge is -2.52. The first-order valence-electron chi connectivity index (χ1n) is 11.6. The number of pyridine rings is 1. The molecule has 2 atom stereocenters. The topological polar surface area (TPSA) is 100 Å². The van der Waals surface area contributed by atoms with Crippen molar-refractivity contribution in [3.63, 3.8) is 0 Å². The van der Waals surface area contributed by atoms with E-state index in [9.17, 15) is 27.9 Å². The highest BCUT2D eigenvalue weighted by molar-refractivity contribution is 5.79. The average Bonchev–Trinajstić information content (AvgIpc) is 3.26. The van der Waals surface area contributed by atoms with Gasteiger partial charge < -0.3 is 19.9 Å². The van der Waals surface area contributed by atoms with Gasteiger partial charge in [-0.3, -0.25) is 9.59 Å². The van der Waals surface area contributed by atoms with Crippen molar-refractivity contribution in [3.05, 3.63) is 28.8 Å². The SMILES string of the molecule is CNc1ncc2c(=O)n(CC3(O)CCN(C(=O)C(C)CC(F)(F)F)CC34CCCC4)ccc2n1. The number of carbonyl (C=O) groups is 1. The minimum atomic E-state index is -4.41. The Bertz CT molecular complexity index is 1130. The van der Waals surface area contributed by atoms with Gasteiger partial charge in [-0.1, -0.05) is 19.8 Å². The third kappa shape index (κ3) is 4.49. The van der Waals surface area contributed by atoms with Gasteiger partial charge in [-0.15, -0.1) is 0 Å². The molecule has 2 aliphatic rings. The predicted octanol–water partition coefficient (Wildman–Crippen LogP) is 2.95. The molecule has 1 amide bonds. The van der Waals surface area contributed by atoms with Crippen LogP contribution in [0.2, 0.25) is 0 Å². The highest BCUT2D eigenvalue weighted by Gasteiger charge is 2.56. The van der Waals surface area contributed by atoms with Gasteiger partial charge in [0, 0.05) is 43.9 Å². The van der Waals surface area contributed by atoms with Crippen LogP contribution in [-0.4, -0.2) is 62.4 Å². The number of halogens is 3. The molecule has 2 N–H and O–H groups in total. The van der Waals surface area contributed by atoms with E-state index >= 15 is 0 Å². The number of fused-ring (bicyclic) bond motifs is 1. The molecule has 1 saturated heterocycles. The van der Waals surface area contributed by atoms with Gasteiger partial charge in [-0.05, 0) is 25.3 Å². The first-order chi connectivity index (χ1) is 16.0. The van der Waals surface area contributed by atoms with E-state index in [0.29, 0.717) is 29.7 Å². The van der Waals surface area contributed by atoms with Crippen LogP contribution in [0, 0.1) is 11.3 Å². The number of anilines is 1. The van der Waals surface area contributed by atoms with E-state index in [1.165, 1.54) is 22.6 Å². The van der Waals surface area contributed by atoms with Crippen LogP contribution in [0.1, 0.15) is 45.4 Å². The molecule has 4 rings (SSSR count). The van der Waals surface area contributed by atoms with E-state index in [0.717, 1.165) is 12.8 Å². The Labute approximate surface area is 195 Å². The molecule has 11 heteroatoms. The quantitative estimate of drug-likeness (QED) is 0.681. The number of aromatic nitrogens is 3. The van der Waals surface area contributed by atoms with Crippen molar-refractivity contribution >= 4 is 22.8 Å². The molecule has 0 aromatic carbocycles. The maximum absolute atomic E-state index is 13.1. The summed E-state index contributed by atoms with van der Waals surface area (Å²) in [4.78, 5) is 35.8. The van der Waals surface area contributed by atoms with Crippen molar-refractivity contribution in [3.8, 4) is 0 Å². The fourth-order valence-electron chi connectivity index (χ4n) is 5.63. The Morgan fingerprint density at radius 3 is 2.65 bits per heavy atom. The van der Waals surface area contributed by atoms with Crippen LogP contribution in [-0.2, 0) is 11.3 Å². The molecule has 2 aromatic rings. The first-order valence-corrected chi connectivity index (χ1v) is 11.6. The second-order valence-corrected chi connectivity index (χ2v) is 9.74. The molecular formula is C23H30F3N5O3. The van der Waals surface area contributed by atoms with Gasteiger partial charge in [-0.2, -0.15) is 13.2 Å². The number of aliphatic hydroxyl groups is 1. The molecule has 3 heterocycles. The van der Waals surface area contributed by atoms with Gasteiger partial charge in [0.1, 0.15) is 0 Å². The van der Waals surface area contributed by atoms with E-state index in [2.05, 4.69) is 15.3 Å². The van der Waals surface area contributed by atoms with Crippen LogP contribution in [0.4, 0.5) is 19.1 Å². The van der Waals surface area contributed by atoms with Gasteiger partial charge in [0.15, 0.2) is 0 Å². The van der Waals surface area contributed by atoms with Gasteiger partial charge in [0.2, 0.25) is 11.9 Å². The van der Waals surface area contributed by atoms with Crippen LogP contribution < -0.4 is 10.9 Å². The zero-order valence-electron chi connectivity index (χ0n) is 19.4. The number of hydrogen-bond acceptors (Lipinski definition) is 6. The molecule has 8 nitrogen and oxygen atoms in total. The van der Waals surface area contributed by atoms with E-state index in [4.69, 9.17) is 0 Å². The maximum atomic E-state index is 13.1. The van der Waals surface area contributed by atoms with Crippen molar-refractivity contribution in [1.29, 1.82) is 0 Å². The van der Waals surface area contributed by atoms with E-state index < -0.39 is 35.4 Å². The lowest BCUT2D eigenvalue weighted by Crippen LogP contribution is -2.62. The Hall–Kier alpha value is -2.69. The van der Waals surface area contributed by atoms with E-state index in [1.807, 2.05) is 0 Å². The average molecular weight is 482 g/mol. The molecule has 1 saturated carbocycles. The van der Waals surface area contributed by atoms with Gasteiger partial charge in [-0.25, -0.2) is 9.97 Å². The Kier molecular flexibility index (Phi) is 6.34. The van der Waals surface area contributed by atoms with Crippen LogP contribution in [0.5, 0.6) is 0 Å². The van der Waals surface area contributed by atoms with Crippen molar-refractivity contribution in [2.45, 2.75) is 63.8 Å². The number of amides is 1. The highest BCUT2D eigenvalue weighted by Crippen LogP contribution is 2.51. The van der Waals surface area contributed by atoms with E-state index in [-0.39, 0.29) is 31.6 Å². The minimum Gasteiger partial charge on any atom is -0.387 e. The molecular weight excluding hydrogens is 451 g/mol. The molecule has 34 heavy (non-hydrogen) atoms. The highest BCUT2D eigenvalue weighted by atomic mass is 19.4. The van der Waals surface area contributed by atoms with Gasteiger partial charge in [0.05, 0.1) is 29.5 Å². The summed E-state index contributed by atoms with van der Waals surface area (Å²) in [5.41, 5.74) is -1.77. The number of nitrogens with zero attached hydrogens (tertiary/aromatic N) is 4. The fourth-order valence-corrected chi connectivity index (χ4v) is 5.63. The van der Waals surface area contributed by atoms with Crippen LogP contribution in [0.3, 0.4) is 0 Å². The largest absolute Gasteiger partial charge is 0.389 e. The molecule has 0 bridgehead atoms. The van der Waals surface area contributed by atoms with Gasteiger partial charge in [0.25, 0.3) is 5.56 Å². The summed E-state index contributed by atoms with van der Waals surface area (Å²) < 4.78 is 39.9. The smallest absolute Gasteiger partial charge is 0.387 e. The minimum absolute atomic E-state index is 0.0374. The zero-order valence-corrected chi connectivity index (χ0v) is 19.4. The second kappa shape index (κ2) is 8.83. The summed E-state index contributed by atoms with van der Waals surface area (Å²) in [7, 11) is 1.68. The number of hydrogen-bond donors (Lipinski definition) is 2. The number of carbonyl (C=O) groups excluding carboxylic acids is 1. The summed E-state index contributed by atoms with van der Waals surface area (Å²) in [5.74, 6) is -1.31. The monoisotopic (exact) mass is 481 g/mol. The molecule has 1 aliphatic carbocycles. The van der Waals surface area contributed by atoms with Crippen molar-refractivity contribution < 1.29 is 23.1 Å². The number of rotatable bonds is 5. The van der Waals surface area contributed by atoms with Crippen LogP contribution in [0.25, 0.3) is 10.9 Å². The first kappa shape index (κ1) is 24.4. The third-order valence-electron chi connectivity index (χ3n) is 7.48. The maximum Gasteiger partial charge on any atom is 0.389 e. The third-order valence-corrected chi connectivity index (χ3v) is 7.48. The number of nitrogens with one attached hydrogen (secondary N) is 1. The standard InChI is InChI=1S/C23H30F3N5O3/c1-15(11-23(24,25)26)18(32)31-10-8-22(34,21(13-31)6-3-4-7-21)14-30-9-5-17-16(19(30)33)12-28-20(27-2)29-17/h5,9,12,15,34H,3-4,6-8,10-11,13-14H2,1-2H3,(H,27,28,29). The lowest BCUT2D eigenvalue weighted by molar-refractivity contribution is -0.172. The fraction of sp³-hybridized carbons (Fsp3) is 0.652. The number of likely N-dealkylation sites (tertiary alicyclic amines) is 1. The number of piperidine rings is 1. The summed E-state index contributed by atoms with van der Waals surface area (Å²) in [6.45, 7) is 1.68. The molecule has 0 radical (unpaired) electrons. The van der Waals surface area contributed by atoms with Crippen molar-refractivity contribution in [2.75, 3.05) is 25.5 Å². The molecule has 1 aliphatic heterocycles. The summed E-state index contributed by atoms with van der Waals surface area (Å²) in [6, 6.07) is 1.70. The Balaban J connectivity index is 1.60. The van der Waals surface area contributed by atoms with Crippen molar-refractivity contribution in [1.82, 2.24) is 19.4 Å². The summed E-state index contributed by atoms with van der Waals surface area (Å²) in [6.07, 6.45) is 0.680. The summed E-state index contributed by atoms with van der Waals surface area (Å²) >= 11 is 0. The number of alkyl halides is 3. The van der Waals surface area contributed by atoms with E-state index in [1.54, 1.807) is 19.3 Å². The predicted molar refractivity (Wildman–Crippen MR) is 120 cm³/mol. The molecule has 1 spiro atoms. The summed E-state index contributed by atoms with van der Waals surface area (Å²) in [5, 5.41) is 15.0. The molecule has 2 fully saturated rings. The zero-order chi connectivity index (χ0) is 24.7. The Morgan fingerprint density at radius 1 is 1.29 bits per heavy atom. The van der Waals surface area contributed by atoms with Crippen molar-refractivity contribution in [2.24, 2.45) is 11.3 Å². The molecule has 186 valence electrons. The normalized spacial score (nSPS) is 23.4. The molecule has 2 aromatic heterocycles. The van der Waals surface area contributed by atoms with Crippen LogP contribution in [0.15, 0.2) is 23.3 Å². The Morgan fingerprint density at radius 2 is 2.00 bits per heavy atom. The van der Waals surface area contributed by atoms with Crippen LogP contribution >= 0.6 is 0 Å². The second-order valence-electron chi connectivity index (χ2n) is 9.74. The molecule has 2 unspecified atom stereocenters. The van der Waals surface area contributed by atoms with Gasteiger partial charge >= 0.3 is 6.18 Å².